The number of halogens is 1. The third-order valence-corrected chi connectivity index (χ3v) is 9.76. The summed E-state index contributed by atoms with van der Waals surface area (Å²) in [6.45, 7) is 2.12. The highest BCUT2D eigenvalue weighted by atomic mass is 35.5. The van der Waals surface area contributed by atoms with E-state index in [4.69, 9.17) is 16.3 Å². The number of fused-ring (bicyclic) bond motifs is 2. The van der Waals surface area contributed by atoms with E-state index < -0.39 is 17.3 Å². The molecule has 2 atom stereocenters. The fourth-order valence-electron chi connectivity index (χ4n) is 5.43. The summed E-state index contributed by atoms with van der Waals surface area (Å²) in [6, 6.07) is 22.2. The summed E-state index contributed by atoms with van der Waals surface area (Å²) >= 11 is 5.09. The summed E-state index contributed by atoms with van der Waals surface area (Å²) in [6.07, 6.45) is 0.827. The highest BCUT2D eigenvalue weighted by Gasteiger charge is 2.39. The first-order valence-corrected chi connectivity index (χ1v) is 15.6. The SMILES string of the molecule is O=C(OCc1ccccc1)N1CCc2ccc(CN3CCC(N(c4cc5ccc(Cl)cc5s4)S(=O)O)C3=O)cc2C1. The number of benzene rings is 3. The van der Waals surface area contributed by atoms with Gasteiger partial charge < -0.3 is 14.5 Å². The normalized spacial score (nSPS) is 17.5. The van der Waals surface area contributed by atoms with Crippen LogP contribution in [-0.2, 0) is 46.9 Å². The zero-order chi connectivity index (χ0) is 28.5. The topological polar surface area (TPSA) is 90.4 Å². The Kier molecular flexibility index (Phi) is 7.99. The number of rotatable bonds is 7. The van der Waals surface area contributed by atoms with Crippen molar-refractivity contribution in [2.75, 3.05) is 17.4 Å². The van der Waals surface area contributed by atoms with E-state index in [2.05, 4.69) is 6.07 Å². The van der Waals surface area contributed by atoms with Crippen LogP contribution in [0.25, 0.3) is 10.1 Å². The molecule has 0 bridgehead atoms. The lowest BCUT2D eigenvalue weighted by molar-refractivity contribution is -0.129. The number of ether oxygens (including phenoxy) is 1. The predicted octanol–water partition coefficient (Wildman–Crippen LogP) is 5.99. The molecule has 8 nitrogen and oxygen atoms in total. The summed E-state index contributed by atoms with van der Waals surface area (Å²) in [5.74, 6) is -0.188. The number of thiophene rings is 1. The molecule has 41 heavy (non-hydrogen) atoms. The van der Waals surface area contributed by atoms with Crippen LogP contribution in [0, 0.1) is 0 Å². The van der Waals surface area contributed by atoms with Crippen LogP contribution in [0.3, 0.4) is 0 Å². The molecule has 2 aliphatic heterocycles. The Balaban J connectivity index is 1.12. The van der Waals surface area contributed by atoms with Gasteiger partial charge in [-0.1, -0.05) is 66.2 Å². The van der Waals surface area contributed by atoms with Crippen LogP contribution < -0.4 is 4.31 Å². The van der Waals surface area contributed by atoms with Crippen molar-refractivity contribution < 1.29 is 23.1 Å². The monoisotopic (exact) mass is 609 g/mol. The van der Waals surface area contributed by atoms with Crippen molar-refractivity contribution in [1.29, 1.82) is 0 Å². The molecule has 1 fully saturated rings. The second-order valence-corrected chi connectivity index (χ2v) is 12.6. The van der Waals surface area contributed by atoms with Crippen LogP contribution in [0.2, 0.25) is 5.02 Å². The van der Waals surface area contributed by atoms with E-state index in [0.717, 1.165) is 33.2 Å². The Morgan fingerprint density at radius 1 is 1.05 bits per heavy atom. The molecule has 0 radical (unpaired) electrons. The summed E-state index contributed by atoms with van der Waals surface area (Å²) in [7, 11) is 0. The molecule has 11 heteroatoms. The highest BCUT2D eigenvalue weighted by Crippen LogP contribution is 2.37. The van der Waals surface area contributed by atoms with Gasteiger partial charge in [-0.15, -0.1) is 11.3 Å². The average molecular weight is 610 g/mol. The molecule has 3 heterocycles. The Hall–Kier alpha value is -3.44. The standard InChI is InChI=1S/C30H28ClN3O5S2/c31-25-9-8-23-15-28(40-27(23)16-25)34(41(37)38)26-11-13-32(29(26)35)17-21-6-7-22-10-12-33(18-24(22)14-21)30(36)39-19-20-4-2-1-3-5-20/h1-9,14-16,26H,10-13,17-19H2,(H,37,38). The second-order valence-electron chi connectivity index (χ2n) is 10.2. The fourth-order valence-corrected chi connectivity index (χ4v) is 7.65. The number of hydrogen-bond acceptors (Lipinski definition) is 5. The molecule has 2 aliphatic rings. The van der Waals surface area contributed by atoms with E-state index in [9.17, 15) is 18.4 Å². The van der Waals surface area contributed by atoms with Gasteiger partial charge >= 0.3 is 6.09 Å². The summed E-state index contributed by atoms with van der Waals surface area (Å²) in [4.78, 5) is 29.6. The largest absolute Gasteiger partial charge is 0.445 e. The predicted molar refractivity (Wildman–Crippen MR) is 161 cm³/mol. The third kappa shape index (κ3) is 5.97. The molecule has 2 amide bonds. The quantitative estimate of drug-likeness (QED) is 0.260. The Bertz CT molecular complexity index is 1630. The van der Waals surface area contributed by atoms with Gasteiger partial charge in [0.1, 0.15) is 17.6 Å². The number of anilines is 1. The van der Waals surface area contributed by atoms with Crippen molar-refractivity contribution in [2.45, 2.75) is 38.6 Å². The first-order valence-electron chi connectivity index (χ1n) is 13.3. The molecule has 0 spiro atoms. The molecule has 3 aromatic carbocycles. The Labute approximate surface area is 249 Å². The van der Waals surface area contributed by atoms with E-state index in [-0.39, 0.29) is 18.6 Å². The van der Waals surface area contributed by atoms with E-state index >= 15 is 0 Å². The molecule has 2 unspecified atom stereocenters. The lowest BCUT2D eigenvalue weighted by Crippen LogP contribution is -2.42. The second kappa shape index (κ2) is 11.8. The number of likely N-dealkylation sites (tertiary alicyclic amines) is 1. The number of nitrogens with zero attached hydrogens (tertiary/aromatic N) is 3. The van der Waals surface area contributed by atoms with Gasteiger partial charge in [0.25, 0.3) is 11.3 Å². The van der Waals surface area contributed by atoms with Crippen LogP contribution in [0.15, 0.2) is 72.8 Å². The van der Waals surface area contributed by atoms with Crippen molar-refractivity contribution in [3.05, 3.63) is 100 Å². The smallest absolute Gasteiger partial charge is 0.410 e. The maximum atomic E-state index is 13.5. The van der Waals surface area contributed by atoms with Gasteiger partial charge in [0, 0.05) is 35.9 Å². The molecular formula is C30H28ClN3O5S2. The number of amides is 2. The van der Waals surface area contributed by atoms with Gasteiger partial charge in [-0.25, -0.2) is 13.3 Å². The van der Waals surface area contributed by atoms with Gasteiger partial charge in [0.15, 0.2) is 0 Å². The Morgan fingerprint density at radius 3 is 2.68 bits per heavy atom. The van der Waals surface area contributed by atoms with E-state index in [1.807, 2.05) is 60.7 Å². The van der Waals surface area contributed by atoms with E-state index in [1.165, 1.54) is 21.2 Å². The first-order chi connectivity index (χ1) is 19.9. The minimum atomic E-state index is -2.37. The van der Waals surface area contributed by atoms with Crippen LogP contribution >= 0.6 is 22.9 Å². The van der Waals surface area contributed by atoms with Crippen molar-refractivity contribution in [2.24, 2.45) is 0 Å². The van der Waals surface area contributed by atoms with Gasteiger partial charge in [-0.05, 0) is 58.7 Å². The zero-order valence-electron chi connectivity index (χ0n) is 22.1. The molecule has 0 saturated carbocycles. The van der Waals surface area contributed by atoms with Gasteiger partial charge in [-0.2, -0.15) is 0 Å². The van der Waals surface area contributed by atoms with Crippen LogP contribution in [0.4, 0.5) is 9.80 Å². The minimum Gasteiger partial charge on any atom is -0.445 e. The number of carbonyl (C=O) groups is 2. The van der Waals surface area contributed by atoms with E-state index in [1.54, 1.807) is 15.9 Å². The lowest BCUT2D eigenvalue weighted by atomic mass is 9.97. The first kappa shape index (κ1) is 27.7. The minimum absolute atomic E-state index is 0.188. The molecule has 4 aromatic rings. The molecule has 1 saturated heterocycles. The van der Waals surface area contributed by atoms with Crippen molar-refractivity contribution >= 4 is 61.3 Å². The van der Waals surface area contributed by atoms with E-state index in [0.29, 0.717) is 42.6 Å². The zero-order valence-corrected chi connectivity index (χ0v) is 24.5. The molecular weight excluding hydrogens is 582 g/mol. The molecule has 1 N–H and O–H groups in total. The maximum Gasteiger partial charge on any atom is 0.410 e. The van der Waals surface area contributed by atoms with Gasteiger partial charge in [0.05, 0.1) is 0 Å². The molecule has 0 aliphatic carbocycles. The maximum absolute atomic E-state index is 13.5. The highest BCUT2D eigenvalue weighted by molar-refractivity contribution is 7.81. The van der Waals surface area contributed by atoms with Crippen molar-refractivity contribution in [1.82, 2.24) is 9.80 Å². The molecule has 6 rings (SSSR count). The van der Waals surface area contributed by atoms with Gasteiger partial charge in [-0.3, -0.25) is 9.35 Å². The number of hydrogen-bond donors (Lipinski definition) is 1. The van der Waals surface area contributed by atoms with Crippen LogP contribution in [-0.4, -0.2) is 49.7 Å². The number of carbonyl (C=O) groups excluding carboxylic acids is 2. The Morgan fingerprint density at radius 2 is 1.88 bits per heavy atom. The average Bonchev–Trinajstić information content (AvgIpc) is 3.54. The van der Waals surface area contributed by atoms with Crippen LogP contribution in [0.1, 0.15) is 28.7 Å². The lowest BCUT2D eigenvalue weighted by Gasteiger charge is -2.29. The summed E-state index contributed by atoms with van der Waals surface area (Å²) < 4.78 is 30.3. The molecule has 1 aromatic heterocycles. The summed E-state index contributed by atoms with van der Waals surface area (Å²) in [5, 5.41) is 2.04. The summed E-state index contributed by atoms with van der Waals surface area (Å²) in [5.41, 5.74) is 4.11. The van der Waals surface area contributed by atoms with Crippen LogP contribution in [0.5, 0.6) is 0 Å². The molecule has 212 valence electrons. The van der Waals surface area contributed by atoms with Gasteiger partial charge in [0.2, 0.25) is 5.91 Å². The fraction of sp³-hybridized carbons (Fsp3) is 0.267. The van der Waals surface area contributed by atoms with Crippen molar-refractivity contribution in [3.8, 4) is 0 Å². The third-order valence-electron chi connectivity index (χ3n) is 7.53. The van der Waals surface area contributed by atoms with Crippen molar-refractivity contribution in [3.63, 3.8) is 0 Å².